The molecule has 0 amide bonds. The van der Waals surface area contributed by atoms with Gasteiger partial charge in [-0.3, -0.25) is 0 Å². The van der Waals surface area contributed by atoms with Crippen molar-refractivity contribution in [1.29, 1.82) is 0 Å². The third-order valence-corrected chi connectivity index (χ3v) is 7.12. The first-order valence-corrected chi connectivity index (χ1v) is 11.7. The number of hydrogen-bond acceptors (Lipinski definition) is 6. The number of piperidine rings is 1. The standard InChI is InChI=1S/C24H31F2N5O/c1-14(2)31-7-8-32-23-19(25)10-17(11-21(23)31)22-20(26)13-28-24(30-22)29-18-4-3-16-12-27-6-5-15(16)9-18/h10-11,13-16,18,27H,3-9,12H2,1-2H3,(H,28,29,30). The van der Waals surface area contributed by atoms with Gasteiger partial charge in [0.2, 0.25) is 5.95 Å². The number of halogens is 2. The van der Waals surface area contributed by atoms with Crippen LogP contribution in [0, 0.1) is 23.5 Å². The molecule has 1 saturated heterocycles. The summed E-state index contributed by atoms with van der Waals surface area (Å²) >= 11 is 0. The number of rotatable bonds is 4. The molecular weight excluding hydrogens is 412 g/mol. The van der Waals surface area contributed by atoms with E-state index in [4.69, 9.17) is 4.74 Å². The lowest BCUT2D eigenvalue weighted by molar-refractivity contribution is 0.175. The van der Waals surface area contributed by atoms with E-state index in [0.29, 0.717) is 36.3 Å². The highest BCUT2D eigenvalue weighted by molar-refractivity contribution is 5.72. The number of nitrogens with one attached hydrogen (secondary N) is 2. The Kier molecular flexibility index (Phi) is 5.88. The monoisotopic (exact) mass is 443 g/mol. The van der Waals surface area contributed by atoms with Crippen LogP contribution in [0.25, 0.3) is 11.3 Å². The summed E-state index contributed by atoms with van der Waals surface area (Å²) in [7, 11) is 0. The molecule has 32 heavy (non-hydrogen) atoms. The van der Waals surface area contributed by atoms with Gasteiger partial charge in [-0.05, 0) is 76.6 Å². The zero-order valence-electron chi connectivity index (χ0n) is 18.7. The number of benzene rings is 1. The SMILES string of the molecule is CC(C)N1CCOc2c(F)cc(-c3nc(NC4CCC5CNCCC5C4)ncc3F)cc21. The zero-order valence-corrected chi connectivity index (χ0v) is 18.7. The Hall–Kier alpha value is -2.48. The summed E-state index contributed by atoms with van der Waals surface area (Å²) in [4.78, 5) is 10.7. The fourth-order valence-electron chi connectivity index (χ4n) is 5.45. The second kappa shape index (κ2) is 8.81. The van der Waals surface area contributed by atoms with Gasteiger partial charge in [-0.15, -0.1) is 0 Å². The van der Waals surface area contributed by atoms with Gasteiger partial charge in [0, 0.05) is 17.6 Å². The third kappa shape index (κ3) is 4.12. The average Bonchev–Trinajstić information content (AvgIpc) is 2.79. The quantitative estimate of drug-likeness (QED) is 0.738. The number of anilines is 2. The molecule has 2 aliphatic heterocycles. The Morgan fingerprint density at radius 3 is 2.88 bits per heavy atom. The van der Waals surface area contributed by atoms with Crippen LogP contribution in [0.1, 0.15) is 39.5 Å². The van der Waals surface area contributed by atoms with E-state index in [-0.39, 0.29) is 23.5 Å². The van der Waals surface area contributed by atoms with Crippen molar-refractivity contribution in [2.75, 3.05) is 36.5 Å². The first kappa shape index (κ1) is 21.4. The lowest BCUT2D eigenvalue weighted by Gasteiger charge is -2.39. The number of hydrogen-bond donors (Lipinski definition) is 2. The molecule has 172 valence electrons. The summed E-state index contributed by atoms with van der Waals surface area (Å²) in [6, 6.07) is 3.52. The van der Waals surface area contributed by atoms with Gasteiger partial charge >= 0.3 is 0 Å². The normalized spacial score (nSPS) is 25.2. The molecule has 1 aliphatic carbocycles. The van der Waals surface area contributed by atoms with Crippen LogP contribution in [-0.4, -0.2) is 48.3 Å². The van der Waals surface area contributed by atoms with Gasteiger partial charge in [-0.2, -0.15) is 0 Å². The Morgan fingerprint density at radius 2 is 2.03 bits per heavy atom. The van der Waals surface area contributed by atoms with Crippen molar-refractivity contribution in [2.24, 2.45) is 11.8 Å². The van der Waals surface area contributed by atoms with E-state index in [2.05, 4.69) is 25.5 Å². The Labute approximate surface area is 187 Å². The predicted octanol–water partition coefficient (Wildman–Crippen LogP) is 4.22. The summed E-state index contributed by atoms with van der Waals surface area (Å²) in [5.41, 5.74) is 1.13. The largest absolute Gasteiger partial charge is 0.486 e. The van der Waals surface area contributed by atoms with E-state index in [0.717, 1.165) is 31.8 Å². The molecule has 3 aliphatic rings. The summed E-state index contributed by atoms with van der Waals surface area (Å²) in [6.07, 6.45) is 5.67. The minimum absolute atomic E-state index is 0.106. The van der Waals surface area contributed by atoms with Crippen LogP contribution in [-0.2, 0) is 0 Å². The molecule has 3 unspecified atom stereocenters. The van der Waals surface area contributed by atoms with E-state index < -0.39 is 11.6 Å². The fraction of sp³-hybridized carbons (Fsp3) is 0.583. The van der Waals surface area contributed by atoms with E-state index in [1.165, 1.54) is 25.1 Å². The topological polar surface area (TPSA) is 62.3 Å². The lowest BCUT2D eigenvalue weighted by Crippen LogP contribution is -2.43. The minimum atomic E-state index is -0.565. The van der Waals surface area contributed by atoms with Crippen LogP contribution < -0.4 is 20.3 Å². The third-order valence-electron chi connectivity index (χ3n) is 7.12. The molecule has 6 nitrogen and oxygen atoms in total. The van der Waals surface area contributed by atoms with Gasteiger partial charge in [0.05, 0.1) is 18.4 Å². The second-order valence-electron chi connectivity index (χ2n) is 9.50. The van der Waals surface area contributed by atoms with E-state index in [1.54, 1.807) is 6.07 Å². The summed E-state index contributed by atoms with van der Waals surface area (Å²) in [5.74, 6) is 1.01. The predicted molar refractivity (Wildman–Crippen MR) is 121 cm³/mol. The molecule has 5 rings (SSSR count). The summed E-state index contributed by atoms with van der Waals surface area (Å²) < 4.78 is 35.2. The first-order valence-electron chi connectivity index (χ1n) is 11.7. The molecule has 3 heterocycles. The van der Waals surface area contributed by atoms with E-state index in [9.17, 15) is 8.78 Å². The van der Waals surface area contributed by atoms with Crippen molar-refractivity contribution in [2.45, 2.75) is 51.6 Å². The van der Waals surface area contributed by atoms with Gasteiger partial charge in [-0.25, -0.2) is 18.7 Å². The fourth-order valence-corrected chi connectivity index (χ4v) is 5.45. The van der Waals surface area contributed by atoms with Crippen molar-refractivity contribution in [3.8, 4) is 17.0 Å². The summed E-state index contributed by atoms with van der Waals surface area (Å²) in [5, 5.41) is 6.90. The Bertz CT molecular complexity index is 985. The molecule has 1 aromatic carbocycles. The van der Waals surface area contributed by atoms with Gasteiger partial charge in [0.25, 0.3) is 0 Å². The van der Waals surface area contributed by atoms with Crippen LogP contribution in [0.3, 0.4) is 0 Å². The molecule has 8 heteroatoms. The van der Waals surface area contributed by atoms with Gasteiger partial charge < -0.3 is 20.3 Å². The van der Waals surface area contributed by atoms with E-state index >= 15 is 0 Å². The Morgan fingerprint density at radius 1 is 1.16 bits per heavy atom. The first-order chi connectivity index (χ1) is 15.5. The Balaban J connectivity index is 1.41. The van der Waals surface area contributed by atoms with Crippen LogP contribution in [0.15, 0.2) is 18.3 Å². The number of fused-ring (bicyclic) bond motifs is 2. The molecule has 2 aromatic rings. The highest BCUT2D eigenvalue weighted by atomic mass is 19.1. The van der Waals surface area contributed by atoms with Crippen molar-refractivity contribution < 1.29 is 13.5 Å². The molecular formula is C24H31F2N5O. The van der Waals surface area contributed by atoms with Crippen LogP contribution >= 0.6 is 0 Å². The highest BCUT2D eigenvalue weighted by Gasteiger charge is 2.32. The molecule has 0 radical (unpaired) electrons. The molecule has 0 spiro atoms. The molecule has 2 N–H and O–H groups in total. The lowest BCUT2D eigenvalue weighted by atomic mass is 9.73. The summed E-state index contributed by atoms with van der Waals surface area (Å²) in [6.45, 7) is 7.36. The number of nitrogens with zero attached hydrogens (tertiary/aromatic N) is 3. The highest BCUT2D eigenvalue weighted by Crippen LogP contribution is 2.40. The molecule has 2 fully saturated rings. The van der Waals surface area contributed by atoms with Crippen molar-refractivity contribution >= 4 is 11.6 Å². The molecule has 1 saturated carbocycles. The second-order valence-corrected chi connectivity index (χ2v) is 9.50. The zero-order chi connectivity index (χ0) is 22.2. The smallest absolute Gasteiger partial charge is 0.223 e. The minimum Gasteiger partial charge on any atom is -0.486 e. The van der Waals surface area contributed by atoms with Crippen molar-refractivity contribution in [3.63, 3.8) is 0 Å². The number of aromatic nitrogens is 2. The molecule has 0 bridgehead atoms. The van der Waals surface area contributed by atoms with Crippen LogP contribution in [0.2, 0.25) is 0 Å². The maximum absolute atomic E-state index is 14.9. The van der Waals surface area contributed by atoms with E-state index in [1.807, 2.05) is 13.8 Å². The van der Waals surface area contributed by atoms with Crippen LogP contribution in [0.4, 0.5) is 20.4 Å². The number of ether oxygens (including phenoxy) is 1. The van der Waals surface area contributed by atoms with Crippen molar-refractivity contribution in [1.82, 2.24) is 15.3 Å². The maximum Gasteiger partial charge on any atom is 0.223 e. The van der Waals surface area contributed by atoms with Gasteiger partial charge in [0.15, 0.2) is 17.4 Å². The molecule has 1 aromatic heterocycles. The van der Waals surface area contributed by atoms with Crippen LogP contribution in [0.5, 0.6) is 5.75 Å². The van der Waals surface area contributed by atoms with Crippen molar-refractivity contribution in [3.05, 3.63) is 30.0 Å². The molecule has 3 atom stereocenters. The maximum atomic E-state index is 14.9. The van der Waals surface area contributed by atoms with Gasteiger partial charge in [-0.1, -0.05) is 0 Å². The van der Waals surface area contributed by atoms with Gasteiger partial charge in [0.1, 0.15) is 12.3 Å². The average molecular weight is 444 g/mol.